The second kappa shape index (κ2) is 15.6. The van der Waals surface area contributed by atoms with Crippen molar-refractivity contribution in [3.8, 4) is 44.5 Å². The smallest absolute Gasteiger partial charge is 0.0713 e. The van der Waals surface area contributed by atoms with Crippen molar-refractivity contribution in [3.05, 3.63) is 283 Å². The number of benzene rings is 11. The van der Waals surface area contributed by atoms with Crippen LogP contribution in [0.15, 0.2) is 261 Å². The maximum absolute atomic E-state index is 2.44. The van der Waals surface area contributed by atoms with Gasteiger partial charge in [0, 0.05) is 16.9 Å². The van der Waals surface area contributed by atoms with Crippen molar-refractivity contribution in [2.24, 2.45) is 0 Å². The Morgan fingerprint density at radius 1 is 0.281 bits per heavy atom. The van der Waals surface area contributed by atoms with Gasteiger partial charge in [0.05, 0.1) is 11.1 Å². The quantitative estimate of drug-likeness (QED) is 0.148. The van der Waals surface area contributed by atoms with E-state index >= 15 is 0 Å². The highest BCUT2D eigenvalue weighted by Gasteiger charge is 2.46. The summed E-state index contributed by atoms with van der Waals surface area (Å²) in [6, 6.07) is 95.8. The highest BCUT2D eigenvalue weighted by molar-refractivity contribution is 6.09. The van der Waals surface area contributed by atoms with Crippen LogP contribution in [0.4, 0.5) is 17.1 Å². The maximum atomic E-state index is 2.44. The number of nitrogens with zero attached hydrogens (tertiary/aromatic N) is 1. The summed E-state index contributed by atoms with van der Waals surface area (Å²) in [5.74, 6) is 0. The molecule has 0 aromatic heterocycles. The molecule has 0 radical (unpaired) electrons. The van der Waals surface area contributed by atoms with Crippen LogP contribution in [-0.2, 0) is 5.41 Å². The topological polar surface area (TPSA) is 3.24 Å². The van der Waals surface area contributed by atoms with Crippen LogP contribution in [0, 0.1) is 0 Å². The van der Waals surface area contributed by atoms with E-state index in [0.29, 0.717) is 0 Å². The third-order valence-corrected chi connectivity index (χ3v) is 13.3. The van der Waals surface area contributed by atoms with Gasteiger partial charge in [0.15, 0.2) is 0 Å². The zero-order chi connectivity index (χ0) is 42.5. The summed E-state index contributed by atoms with van der Waals surface area (Å²) in [4.78, 5) is 2.44. The van der Waals surface area contributed by atoms with Crippen molar-refractivity contribution in [3.63, 3.8) is 0 Å². The molecule has 11 aromatic rings. The Labute approximate surface area is 374 Å². The van der Waals surface area contributed by atoms with Crippen molar-refractivity contribution in [1.82, 2.24) is 0 Å². The van der Waals surface area contributed by atoms with Gasteiger partial charge >= 0.3 is 0 Å². The normalized spacial score (nSPS) is 12.5. The van der Waals surface area contributed by atoms with Crippen LogP contribution in [-0.4, -0.2) is 0 Å². The summed E-state index contributed by atoms with van der Waals surface area (Å²) in [6.45, 7) is 0. The first-order valence-corrected chi connectivity index (χ1v) is 22.2. The molecule has 0 unspecified atom stereocenters. The van der Waals surface area contributed by atoms with E-state index in [9.17, 15) is 0 Å². The molecule has 1 aliphatic rings. The minimum Gasteiger partial charge on any atom is -0.310 e. The zero-order valence-corrected chi connectivity index (χ0v) is 35.3. The Bertz CT molecular complexity index is 3440. The van der Waals surface area contributed by atoms with E-state index in [0.717, 1.165) is 17.1 Å². The minimum absolute atomic E-state index is 0.455. The molecule has 0 amide bonds. The predicted octanol–water partition coefficient (Wildman–Crippen LogP) is 16.8. The third kappa shape index (κ3) is 6.01. The predicted molar refractivity (Wildman–Crippen MR) is 270 cm³/mol. The molecule has 0 saturated carbocycles. The molecule has 0 fully saturated rings. The molecule has 0 atom stereocenters. The van der Waals surface area contributed by atoms with Gasteiger partial charge in [-0.2, -0.15) is 0 Å². The highest BCUT2D eigenvalue weighted by atomic mass is 15.1. The summed E-state index contributed by atoms with van der Waals surface area (Å²) in [7, 11) is 0. The van der Waals surface area contributed by atoms with E-state index in [1.165, 1.54) is 88.3 Å². The van der Waals surface area contributed by atoms with Crippen molar-refractivity contribution < 1.29 is 0 Å². The molecule has 300 valence electrons. The van der Waals surface area contributed by atoms with Gasteiger partial charge in [0.2, 0.25) is 0 Å². The molecule has 0 spiro atoms. The SMILES string of the molecule is c1ccc(-c2cccc3cccc(-c4ccccc4N(c4ccc(-c5cccc6c5-c5ccccc5C6(c5ccccc5)c5ccccc5)cc4)c4ccc5ccccc5c4)c23)cc1. The number of para-hydroxylation sites is 1. The van der Waals surface area contributed by atoms with Crippen molar-refractivity contribution in [1.29, 1.82) is 0 Å². The lowest BCUT2D eigenvalue weighted by molar-refractivity contribution is 0.768. The van der Waals surface area contributed by atoms with Gasteiger partial charge in [-0.1, -0.05) is 231 Å². The van der Waals surface area contributed by atoms with Crippen molar-refractivity contribution in [2.45, 2.75) is 5.41 Å². The van der Waals surface area contributed by atoms with E-state index in [1.807, 2.05) is 0 Å². The Hall–Kier alpha value is -8.26. The van der Waals surface area contributed by atoms with E-state index in [4.69, 9.17) is 0 Å². The Balaban J connectivity index is 1.05. The first-order valence-electron chi connectivity index (χ1n) is 22.2. The summed E-state index contributed by atoms with van der Waals surface area (Å²) in [5.41, 5.74) is 17.8. The van der Waals surface area contributed by atoms with Crippen LogP contribution in [0.25, 0.3) is 66.1 Å². The van der Waals surface area contributed by atoms with Gasteiger partial charge < -0.3 is 4.90 Å². The first-order chi connectivity index (χ1) is 31.8. The van der Waals surface area contributed by atoms with Crippen LogP contribution in [0.5, 0.6) is 0 Å². The van der Waals surface area contributed by atoms with Gasteiger partial charge in [0.1, 0.15) is 0 Å². The Morgan fingerprint density at radius 2 is 0.781 bits per heavy atom. The zero-order valence-electron chi connectivity index (χ0n) is 35.3. The largest absolute Gasteiger partial charge is 0.310 e. The molecule has 1 heteroatoms. The minimum atomic E-state index is -0.455. The van der Waals surface area contributed by atoms with E-state index in [1.54, 1.807) is 0 Å². The molecule has 0 aliphatic heterocycles. The molecule has 0 bridgehead atoms. The summed E-state index contributed by atoms with van der Waals surface area (Å²) in [5, 5.41) is 4.89. The third-order valence-electron chi connectivity index (χ3n) is 13.3. The lowest BCUT2D eigenvalue weighted by Gasteiger charge is -2.34. The molecule has 0 N–H and O–H groups in total. The summed E-state index contributed by atoms with van der Waals surface area (Å²) < 4.78 is 0. The Kier molecular flexibility index (Phi) is 9.13. The van der Waals surface area contributed by atoms with Crippen LogP contribution in [0.2, 0.25) is 0 Å². The van der Waals surface area contributed by atoms with Crippen LogP contribution < -0.4 is 4.90 Å². The highest BCUT2D eigenvalue weighted by Crippen LogP contribution is 2.58. The van der Waals surface area contributed by atoms with Gasteiger partial charge in [-0.05, 0) is 113 Å². The molecule has 12 rings (SSSR count). The van der Waals surface area contributed by atoms with Gasteiger partial charge in [-0.25, -0.2) is 0 Å². The average Bonchev–Trinajstić information content (AvgIpc) is 3.68. The molecular formula is C63H43N. The van der Waals surface area contributed by atoms with E-state index in [-0.39, 0.29) is 0 Å². The van der Waals surface area contributed by atoms with E-state index in [2.05, 4.69) is 266 Å². The maximum Gasteiger partial charge on any atom is 0.0713 e. The lowest BCUT2D eigenvalue weighted by Crippen LogP contribution is -2.28. The molecule has 11 aromatic carbocycles. The second-order valence-corrected chi connectivity index (χ2v) is 16.8. The summed E-state index contributed by atoms with van der Waals surface area (Å²) in [6.07, 6.45) is 0. The van der Waals surface area contributed by atoms with Crippen LogP contribution in [0.3, 0.4) is 0 Å². The van der Waals surface area contributed by atoms with Crippen molar-refractivity contribution >= 4 is 38.6 Å². The monoisotopic (exact) mass is 813 g/mol. The molecular weight excluding hydrogens is 771 g/mol. The average molecular weight is 814 g/mol. The molecule has 0 heterocycles. The number of hydrogen-bond acceptors (Lipinski definition) is 1. The second-order valence-electron chi connectivity index (χ2n) is 16.8. The van der Waals surface area contributed by atoms with Crippen molar-refractivity contribution in [2.75, 3.05) is 4.90 Å². The fourth-order valence-electron chi connectivity index (χ4n) is 10.6. The molecule has 1 aliphatic carbocycles. The Morgan fingerprint density at radius 3 is 1.52 bits per heavy atom. The number of anilines is 3. The van der Waals surface area contributed by atoms with Gasteiger partial charge in [-0.15, -0.1) is 0 Å². The van der Waals surface area contributed by atoms with Crippen LogP contribution in [0.1, 0.15) is 22.3 Å². The molecule has 1 nitrogen and oxygen atoms in total. The van der Waals surface area contributed by atoms with Gasteiger partial charge in [0.25, 0.3) is 0 Å². The molecule has 0 saturated heterocycles. The standard InChI is InChI=1S/C63H43N/c1-4-20-45(21-5-1)53-31-16-23-47-24-17-33-56(61(47)53)55-29-13-15-36-60(55)64(52-42-37-44-19-10-11-22-48(44)43-52)51-40-38-46(39-41-51)54-32-18-35-59-62(54)57-30-12-14-34-58(57)63(59,49-25-6-2-7-26-49)50-27-8-3-9-28-50/h1-43H. The summed E-state index contributed by atoms with van der Waals surface area (Å²) >= 11 is 0. The lowest BCUT2D eigenvalue weighted by atomic mass is 9.67. The molecule has 64 heavy (non-hydrogen) atoms. The first kappa shape index (κ1) is 37.5. The number of fused-ring (bicyclic) bond motifs is 5. The fraction of sp³-hybridized carbons (Fsp3) is 0.0159. The number of hydrogen-bond donors (Lipinski definition) is 0. The fourth-order valence-corrected chi connectivity index (χ4v) is 10.6. The van der Waals surface area contributed by atoms with Gasteiger partial charge in [-0.3, -0.25) is 0 Å². The van der Waals surface area contributed by atoms with Crippen LogP contribution >= 0.6 is 0 Å². The van der Waals surface area contributed by atoms with E-state index < -0.39 is 5.41 Å². The number of rotatable bonds is 8.